The number of benzene rings is 1. The summed E-state index contributed by atoms with van der Waals surface area (Å²) in [6.45, 7) is 11.0. The van der Waals surface area contributed by atoms with E-state index in [0.29, 0.717) is 23.6 Å². The third-order valence-electron chi connectivity index (χ3n) is 5.82. The van der Waals surface area contributed by atoms with Gasteiger partial charge in [0.25, 0.3) is 0 Å². The normalized spacial score (nSPS) is 17.6. The van der Waals surface area contributed by atoms with Gasteiger partial charge in [0.2, 0.25) is 5.91 Å². The maximum atomic E-state index is 13.0. The van der Waals surface area contributed by atoms with Crippen LogP contribution in [-0.2, 0) is 9.53 Å². The summed E-state index contributed by atoms with van der Waals surface area (Å²) in [5, 5.41) is 6.27. The highest BCUT2D eigenvalue weighted by atomic mass is 16.6. The second-order valence-electron chi connectivity index (χ2n) is 9.79. The molecule has 0 spiro atoms. The van der Waals surface area contributed by atoms with Gasteiger partial charge in [-0.25, -0.2) is 9.78 Å². The number of hydrogen-bond donors (Lipinski definition) is 2. The highest BCUT2D eigenvalue weighted by Gasteiger charge is 2.35. The Morgan fingerprint density at radius 1 is 1.32 bits per heavy atom. The summed E-state index contributed by atoms with van der Waals surface area (Å²) in [4.78, 5) is 31.7. The summed E-state index contributed by atoms with van der Waals surface area (Å²) in [5.74, 6) is 0.699. The van der Waals surface area contributed by atoms with Gasteiger partial charge in [-0.15, -0.1) is 0 Å². The van der Waals surface area contributed by atoms with Gasteiger partial charge >= 0.3 is 6.09 Å². The fraction of sp³-hybridized carbons (Fsp3) is 0.560. The lowest BCUT2D eigenvalue weighted by molar-refractivity contribution is -0.120. The number of hydrogen-bond acceptors (Lipinski definition) is 7. The minimum absolute atomic E-state index is 0.0491. The molecular formula is C25H36N4O5. The highest BCUT2D eigenvalue weighted by Crippen LogP contribution is 2.32. The monoisotopic (exact) mass is 472 g/mol. The van der Waals surface area contributed by atoms with Crippen LogP contribution in [-0.4, -0.2) is 59.8 Å². The molecule has 1 saturated heterocycles. The molecule has 1 aromatic heterocycles. The maximum absolute atomic E-state index is 13.0. The lowest BCUT2D eigenvalue weighted by atomic mass is 9.99. The molecule has 186 valence electrons. The van der Waals surface area contributed by atoms with Gasteiger partial charge in [0.15, 0.2) is 12.2 Å². The van der Waals surface area contributed by atoms with Gasteiger partial charge in [0.05, 0.1) is 18.9 Å². The molecule has 3 atom stereocenters. The standard InChI is InChI=1S/C25H36N4O5/c1-16(11-17(2)29(19-9-10-26-13-19)24(31)34-25(3,4)5)23(30)28-18-7-8-20(21(12-18)32-6)22-14-27-15-33-22/h7-8,12,14-17,19,26H,9-11,13H2,1-6H3,(H,28,30). The van der Waals surface area contributed by atoms with Gasteiger partial charge in [-0.05, 0) is 59.2 Å². The molecule has 1 aromatic carbocycles. The van der Waals surface area contributed by atoms with Crippen LogP contribution in [0, 0.1) is 5.92 Å². The number of rotatable bonds is 8. The number of nitrogens with one attached hydrogen (secondary N) is 2. The number of carbonyl (C=O) groups excluding carboxylic acids is 2. The number of methoxy groups -OCH3 is 1. The van der Waals surface area contributed by atoms with E-state index in [-0.39, 0.29) is 30.0 Å². The van der Waals surface area contributed by atoms with Crippen molar-refractivity contribution in [3.63, 3.8) is 0 Å². The second kappa shape index (κ2) is 10.9. The van der Waals surface area contributed by atoms with Crippen LogP contribution in [0.2, 0.25) is 0 Å². The van der Waals surface area contributed by atoms with E-state index >= 15 is 0 Å². The molecule has 1 aliphatic rings. The van der Waals surface area contributed by atoms with E-state index in [2.05, 4.69) is 15.6 Å². The quantitative estimate of drug-likeness (QED) is 0.590. The zero-order chi connectivity index (χ0) is 24.9. The molecule has 34 heavy (non-hydrogen) atoms. The van der Waals surface area contributed by atoms with Crippen molar-refractivity contribution in [3.8, 4) is 17.1 Å². The summed E-state index contributed by atoms with van der Waals surface area (Å²) in [5.41, 5.74) is 0.785. The summed E-state index contributed by atoms with van der Waals surface area (Å²) < 4.78 is 16.5. The van der Waals surface area contributed by atoms with Crippen molar-refractivity contribution < 1.29 is 23.5 Å². The molecule has 9 heteroatoms. The number of aromatic nitrogens is 1. The highest BCUT2D eigenvalue weighted by molar-refractivity contribution is 5.93. The van der Waals surface area contributed by atoms with Crippen molar-refractivity contribution in [2.24, 2.45) is 5.92 Å². The zero-order valence-corrected chi connectivity index (χ0v) is 20.9. The SMILES string of the molecule is COc1cc(NC(=O)C(C)CC(C)N(C(=O)OC(C)(C)C)C2CCNC2)ccc1-c1cnco1. The Hall–Kier alpha value is -3.07. The van der Waals surface area contributed by atoms with E-state index < -0.39 is 5.60 Å². The zero-order valence-electron chi connectivity index (χ0n) is 20.9. The number of ether oxygens (including phenoxy) is 2. The fourth-order valence-corrected chi connectivity index (χ4v) is 4.20. The molecule has 2 amide bonds. The van der Waals surface area contributed by atoms with Gasteiger partial charge in [0.1, 0.15) is 11.4 Å². The van der Waals surface area contributed by atoms with Crippen LogP contribution in [0.4, 0.5) is 10.5 Å². The molecule has 0 radical (unpaired) electrons. The number of anilines is 1. The molecule has 0 saturated carbocycles. The Bertz CT molecular complexity index is 964. The van der Waals surface area contributed by atoms with Crippen molar-refractivity contribution in [2.45, 2.75) is 65.1 Å². The average Bonchev–Trinajstić information content (AvgIpc) is 3.47. The van der Waals surface area contributed by atoms with Crippen molar-refractivity contribution in [2.75, 3.05) is 25.5 Å². The number of carbonyl (C=O) groups is 2. The third-order valence-corrected chi connectivity index (χ3v) is 5.82. The first-order valence-electron chi connectivity index (χ1n) is 11.7. The maximum Gasteiger partial charge on any atom is 0.410 e. The second-order valence-corrected chi connectivity index (χ2v) is 9.79. The average molecular weight is 473 g/mol. The molecule has 0 aliphatic carbocycles. The van der Waals surface area contributed by atoms with Crippen molar-refractivity contribution in [1.29, 1.82) is 0 Å². The first-order chi connectivity index (χ1) is 16.1. The van der Waals surface area contributed by atoms with E-state index in [0.717, 1.165) is 25.1 Å². The molecule has 1 aliphatic heterocycles. The Kier molecular flexibility index (Phi) is 8.19. The molecule has 9 nitrogen and oxygen atoms in total. The van der Waals surface area contributed by atoms with Gasteiger partial charge in [-0.1, -0.05) is 6.92 Å². The van der Waals surface area contributed by atoms with Crippen LogP contribution >= 0.6 is 0 Å². The lowest BCUT2D eigenvalue weighted by Gasteiger charge is -2.36. The van der Waals surface area contributed by atoms with Crippen molar-refractivity contribution >= 4 is 17.7 Å². The molecule has 3 unspecified atom stereocenters. The topological polar surface area (TPSA) is 106 Å². The number of oxazole rings is 1. The largest absolute Gasteiger partial charge is 0.496 e. The van der Waals surface area contributed by atoms with Crippen LogP contribution in [0.15, 0.2) is 35.2 Å². The Balaban J connectivity index is 1.66. The van der Waals surface area contributed by atoms with E-state index in [1.54, 1.807) is 30.3 Å². The fourth-order valence-electron chi connectivity index (χ4n) is 4.20. The third kappa shape index (κ3) is 6.50. The smallest absolute Gasteiger partial charge is 0.410 e. The van der Waals surface area contributed by atoms with Gasteiger partial charge in [0, 0.05) is 36.3 Å². The summed E-state index contributed by atoms with van der Waals surface area (Å²) in [7, 11) is 1.56. The van der Waals surface area contributed by atoms with E-state index in [1.165, 1.54) is 6.39 Å². The predicted octanol–water partition coefficient (Wildman–Crippen LogP) is 4.30. The van der Waals surface area contributed by atoms with Crippen molar-refractivity contribution in [3.05, 3.63) is 30.8 Å². The summed E-state index contributed by atoms with van der Waals surface area (Å²) in [6, 6.07) is 5.26. The Labute approximate surface area is 201 Å². The van der Waals surface area contributed by atoms with Gasteiger partial charge in [-0.2, -0.15) is 0 Å². The lowest BCUT2D eigenvalue weighted by Crippen LogP contribution is -2.50. The van der Waals surface area contributed by atoms with E-state index in [9.17, 15) is 9.59 Å². The van der Waals surface area contributed by atoms with Crippen LogP contribution < -0.4 is 15.4 Å². The number of amides is 2. The van der Waals surface area contributed by atoms with E-state index in [4.69, 9.17) is 13.9 Å². The van der Waals surface area contributed by atoms with Crippen LogP contribution in [0.1, 0.15) is 47.5 Å². The Morgan fingerprint density at radius 3 is 2.68 bits per heavy atom. The summed E-state index contributed by atoms with van der Waals surface area (Å²) >= 11 is 0. The van der Waals surface area contributed by atoms with Gasteiger partial charge in [-0.3, -0.25) is 4.79 Å². The first kappa shape index (κ1) is 25.6. The van der Waals surface area contributed by atoms with Crippen LogP contribution in [0.3, 0.4) is 0 Å². The minimum atomic E-state index is -0.582. The minimum Gasteiger partial charge on any atom is -0.496 e. The van der Waals surface area contributed by atoms with Gasteiger partial charge < -0.3 is 29.4 Å². The van der Waals surface area contributed by atoms with E-state index in [1.807, 2.05) is 40.7 Å². The molecule has 2 N–H and O–H groups in total. The molecule has 2 aromatic rings. The molecule has 0 bridgehead atoms. The molecule has 1 fully saturated rings. The first-order valence-corrected chi connectivity index (χ1v) is 11.7. The Morgan fingerprint density at radius 2 is 2.09 bits per heavy atom. The van der Waals surface area contributed by atoms with Crippen molar-refractivity contribution in [1.82, 2.24) is 15.2 Å². The predicted molar refractivity (Wildman–Crippen MR) is 130 cm³/mol. The molecule has 2 heterocycles. The summed E-state index contributed by atoms with van der Waals surface area (Å²) in [6.07, 6.45) is 4.00. The molecular weight excluding hydrogens is 436 g/mol. The van der Waals surface area contributed by atoms with Crippen LogP contribution in [0.5, 0.6) is 5.75 Å². The van der Waals surface area contributed by atoms with Crippen LogP contribution in [0.25, 0.3) is 11.3 Å². The molecule has 3 rings (SSSR count). The number of nitrogens with zero attached hydrogens (tertiary/aromatic N) is 2.